The van der Waals surface area contributed by atoms with E-state index in [2.05, 4.69) is 31.4 Å². The molecule has 2 aromatic heterocycles. The largest absolute Gasteiger partial charge is 0.296 e. The molecule has 1 N–H and O–H groups in total. The van der Waals surface area contributed by atoms with Crippen molar-refractivity contribution in [2.75, 3.05) is 13.1 Å². The molecule has 2 aromatic rings. The zero-order valence-corrected chi connectivity index (χ0v) is 11.3. The molecule has 1 fully saturated rings. The van der Waals surface area contributed by atoms with Gasteiger partial charge in [-0.05, 0) is 32.4 Å². The summed E-state index contributed by atoms with van der Waals surface area (Å²) < 4.78 is 0. The summed E-state index contributed by atoms with van der Waals surface area (Å²) >= 11 is 1.70. The van der Waals surface area contributed by atoms with Crippen molar-refractivity contribution < 1.29 is 0 Å². The fraction of sp³-hybridized carbons (Fsp3) is 0.583. The van der Waals surface area contributed by atoms with Crippen LogP contribution < -0.4 is 0 Å². The lowest BCUT2D eigenvalue weighted by atomic mass is 9.95. The second-order valence-electron chi connectivity index (χ2n) is 4.80. The molecule has 1 aliphatic rings. The maximum absolute atomic E-state index is 4.20. The molecular formula is C12H17N5S. The molecule has 5 nitrogen and oxygen atoms in total. The normalized spacial score (nSPS) is 21.3. The number of hydrogen-bond acceptors (Lipinski definition) is 5. The van der Waals surface area contributed by atoms with Crippen LogP contribution in [0, 0.1) is 6.92 Å². The standard InChI is InChI=1S/C12H17N5S/c1-9-14-16-12(18-9)8-17-6-2-3-10(7-17)11-4-5-13-15-11/h4-5,10H,2-3,6-8H2,1H3,(H,13,15)/t10-/m1/s1. The van der Waals surface area contributed by atoms with Crippen LogP contribution in [-0.2, 0) is 6.54 Å². The summed E-state index contributed by atoms with van der Waals surface area (Å²) in [5, 5.41) is 17.6. The second-order valence-corrected chi connectivity index (χ2v) is 6.07. The molecule has 0 spiro atoms. The van der Waals surface area contributed by atoms with Gasteiger partial charge in [-0.3, -0.25) is 10.00 Å². The Morgan fingerprint density at radius 2 is 2.44 bits per heavy atom. The van der Waals surface area contributed by atoms with E-state index < -0.39 is 0 Å². The minimum absolute atomic E-state index is 0.579. The monoisotopic (exact) mass is 263 g/mol. The van der Waals surface area contributed by atoms with Gasteiger partial charge in [0.2, 0.25) is 0 Å². The number of aryl methyl sites for hydroxylation is 1. The van der Waals surface area contributed by atoms with Crippen molar-refractivity contribution in [1.82, 2.24) is 25.3 Å². The molecule has 0 unspecified atom stereocenters. The third kappa shape index (κ3) is 2.59. The number of likely N-dealkylation sites (tertiary alicyclic amines) is 1. The molecule has 3 rings (SSSR count). The Balaban J connectivity index is 1.63. The van der Waals surface area contributed by atoms with Gasteiger partial charge in [-0.2, -0.15) is 5.10 Å². The second kappa shape index (κ2) is 5.16. The van der Waals surface area contributed by atoms with Crippen LogP contribution in [0.4, 0.5) is 0 Å². The van der Waals surface area contributed by atoms with Crippen LogP contribution in [0.3, 0.4) is 0 Å². The Hall–Kier alpha value is -1.27. The van der Waals surface area contributed by atoms with E-state index in [0.717, 1.165) is 29.6 Å². The van der Waals surface area contributed by atoms with Gasteiger partial charge in [-0.15, -0.1) is 21.5 Å². The molecule has 1 atom stereocenters. The van der Waals surface area contributed by atoms with Crippen LogP contribution >= 0.6 is 11.3 Å². The predicted molar refractivity (Wildman–Crippen MR) is 70.5 cm³/mol. The molecule has 6 heteroatoms. The minimum atomic E-state index is 0.579. The van der Waals surface area contributed by atoms with Crippen molar-refractivity contribution in [1.29, 1.82) is 0 Å². The van der Waals surface area contributed by atoms with Crippen molar-refractivity contribution >= 4 is 11.3 Å². The molecule has 1 saturated heterocycles. The molecule has 18 heavy (non-hydrogen) atoms. The Morgan fingerprint density at radius 3 is 3.17 bits per heavy atom. The third-order valence-corrected chi connectivity index (χ3v) is 4.22. The van der Waals surface area contributed by atoms with Crippen LogP contribution in [0.25, 0.3) is 0 Å². The highest BCUT2D eigenvalue weighted by atomic mass is 32.1. The first kappa shape index (κ1) is 11.8. The van der Waals surface area contributed by atoms with Crippen molar-refractivity contribution in [3.8, 4) is 0 Å². The lowest BCUT2D eigenvalue weighted by Crippen LogP contribution is -2.34. The highest BCUT2D eigenvalue weighted by molar-refractivity contribution is 7.11. The molecular weight excluding hydrogens is 246 g/mol. The van der Waals surface area contributed by atoms with Crippen LogP contribution in [-0.4, -0.2) is 38.4 Å². The van der Waals surface area contributed by atoms with Gasteiger partial charge in [0.25, 0.3) is 0 Å². The molecule has 0 aromatic carbocycles. The highest BCUT2D eigenvalue weighted by Crippen LogP contribution is 2.26. The molecule has 3 heterocycles. The van der Waals surface area contributed by atoms with E-state index in [1.807, 2.05) is 13.1 Å². The smallest absolute Gasteiger partial charge is 0.131 e. The molecule has 0 amide bonds. The summed E-state index contributed by atoms with van der Waals surface area (Å²) in [5.41, 5.74) is 1.26. The number of H-pyrrole nitrogens is 1. The zero-order chi connectivity index (χ0) is 12.4. The van der Waals surface area contributed by atoms with Crippen LogP contribution in [0.1, 0.15) is 34.5 Å². The van der Waals surface area contributed by atoms with Crippen LogP contribution in [0.2, 0.25) is 0 Å². The van der Waals surface area contributed by atoms with Crippen molar-refractivity contribution in [2.45, 2.75) is 32.2 Å². The van der Waals surface area contributed by atoms with E-state index >= 15 is 0 Å². The number of nitrogens with zero attached hydrogens (tertiary/aromatic N) is 4. The van der Waals surface area contributed by atoms with Gasteiger partial charge < -0.3 is 0 Å². The van der Waals surface area contributed by atoms with Gasteiger partial charge in [0.1, 0.15) is 10.0 Å². The fourth-order valence-electron chi connectivity index (χ4n) is 2.54. The lowest BCUT2D eigenvalue weighted by Gasteiger charge is -2.31. The lowest BCUT2D eigenvalue weighted by molar-refractivity contribution is 0.198. The average molecular weight is 263 g/mol. The van der Waals surface area contributed by atoms with E-state index in [4.69, 9.17) is 0 Å². The first-order valence-electron chi connectivity index (χ1n) is 6.32. The number of rotatable bonds is 3. The minimum Gasteiger partial charge on any atom is -0.296 e. The number of aromatic nitrogens is 4. The van der Waals surface area contributed by atoms with Crippen LogP contribution in [0.5, 0.6) is 0 Å². The Bertz CT molecular complexity index is 492. The summed E-state index contributed by atoms with van der Waals surface area (Å²) in [6.07, 6.45) is 4.32. The Morgan fingerprint density at radius 1 is 1.50 bits per heavy atom. The average Bonchev–Trinajstić information content (AvgIpc) is 3.01. The highest BCUT2D eigenvalue weighted by Gasteiger charge is 2.22. The van der Waals surface area contributed by atoms with E-state index in [1.54, 1.807) is 11.3 Å². The maximum Gasteiger partial charge on any atom is 0.131 e. The molecule has 0 aliphatic carbocycles. The van der Waals surface area contributed by atoms with E-state index in [0.29, 0.717) is 5.92 Å². The first-order valence-corrected chi connectivity index (χ1v) is 7.13. The van der Waals surface area contributed by atoms with Gasteiger partial charge in [0, 0.05) is 24.4 Å². The summed E-state index contributed by atoms with van der Waals surface area (Å²) in [5.74, 6) is 0.579. The van der Waals surface area contributed by atoms with Gasteiger partial charge in [-0.25, -0.2) is 0 Å². The quantitative estimate of drug-likeness (QED) is 0.919. The zero-order valence-electron chi connectivity index (χ0n) is 10.5. The fourth-order valence-corrected chi connectivity index (χ4v) is 3.29. The topological polar surface area (TPSA) is 57.7 Å². The molecule has 96 valence electrons. The summed E-state index contributed by atoms with van der Waals surface area (Å²) in [6, 6.07) is 2.09. The van der Waals surface area contributed by atoms with Crippen molar-refractivity contribution in [2.24, 2.45) is 0 Å². The van der Waals surface area contributed by atoms with Crippen LogP contribution in [0.15, 0.2) is 12.3 Å². The number of aromatic amines is 1. The Kier molecular flexibility index (Phi) is 3.38. The molecule has 0 bridgehead atoms. The summed E-state index contributed by atoms with van der Waals surface area (Å²) in [4.78, 5) is 2.47. The van der Waals surface area contributed by atoms with Gasteiger partial charge in [-0.1, -0.05) is 0 Å². The molecule has 1 aliphatic heterocycles. The summed E-state index contributed by atoms with van der Waals surface area (Å²) in [7, 11) is 0. The third-order valence-electron chi connectivity index (χ3n) is 3.39. The van der Waals surface area contributed by atoms with Gasteiger partial charge in [0.15, 0.2) is 0 Å². The summed E-state index contributed by atoms with van der Waals surface area (Å²) in [6.45, 7) is 5.17. The Labute approximate surface area is 110 Å². The predicted octanol–water partition coefficient (Wildman–Crippen LogP) is 1.95. The van der Waals surface area contributed by atoms with E-state index in [9.17, 15) is 0 Å². The molecule has 0 radical (unpaired) electrons. The number of nitrogens with one attached hydrogen (secondary N) is 1. The van der Waals surface area contributed by atoms with E-state index in [-0.39, 0.29) is 0 Å². The number of hydrogen-bond donors (Lipinski definition) is 1. The van der Waals surface area contributed by atoms with Gasteiger partial charge in [0.05, 0.1) is 6.54 Å². The van der Waals surface area contributed by atoms with E-state index in [1.165, 1.54) is 18.5 Å². The van der Waals surface area contributed by atoms with Crippen molar-refractivity contribution in [3.63, 3.8) is 0 Å². The first-order chi connectivity index (χ1) is 8.81. The van der Waals surface area contributed by atoms with Crippen molar-refractivity contribution in [3.05, 3.63) is 28.0 Å². The maximum atomic E-state index is 4.20. The number of piperidine rings is 1. The SMILES string of the molecule is Cc1nnc(CN2CCC[C@@H](c3ccn[nH]3)C2)s1. The molecule has 0 saturated carbocycles. The van der Waals surface area contributed by atoms with Gasteiger partial charge >= 0.3 is 0 Å².